The number of aromatic nitrogens is 2. The van der Waals surface area contributed by atoms with Gasteiger partial charge < -0.3 is 15.0 Å². The fourth-order valence-electron chi connectivity index (χ4n) is 3.41. The maximum atomic E-state index is 10.6. The molecule has 5 heteroatoms. The summed E-state index contributed by atoms with van der Waals surface area (Å²) in [4.78, 5) is 4.10. The summed E-state index contributed by atoms with van der Waals surface area (Å²) >= 11 is 6.18. The van der Waals surface area contributed by atoms with E-state index < -0.39 is 6.10 Å². The minimum Gasteiger partial charge on any atom is -0.386 e. The number of nitrogens with one attached hydrogen (secondary N) is 1. The number of aliphatic hydroxyl groups is 1. The van der Waals surface area contributed by atoms with Crippen LogP contribution in [0.25, 0.3) is 10.9 Å². The van der Waals surface area contributed by atoms with Gasteiger partial charge in [-0.3, -0.25) is 4.98 Å². The standard InChI is InChI=1S/C18H18ClN3O/c19-13-3-4-16-14(8-13)15-10-21-7-5-17(15)22(16)11-18(23)12-2-1-6-20-9-12/h1-4,6,8-9,18,21,23H,5,7,10-11H2. The van der Waals surface area contributed by atoms with Gasteiger partial charge in [0.05, 0.1) is 12.6 Å². The molecule has 0 fully saturated rings. The first-order valence-electron chi connectivity index (χ1n) is 7.82. The van der Waals surface area contributed by atoms with Crippen LogP contribution in [0.2, 0.25) is 5.02 Å². The van der Waals surface area contributed by atoms with Gasteiger partial charge in [0, 0.05) is 59.1 Å². The predicted molar refractivity (Wildman–Crippen MR) is 91.6 cm³/mol. The van der Waals surface area contributed by atoms with Crippen LogP contribution in [-0.4, -0.2) is 21.2 Å². The Balaban J connectivity index is 1.80. The number of rotatable bonds is 3. The van der Waals surface area contributed by atoms with Gasteiger partial charge in [-0.2, -0.15) is 0 Å². The van der Waals surface area contributed by atoms with Crippen molar-refractivity contribution in [1.29, 1.82) is 0 Å². The maximum Gasteiger partial charge on any atom is 0.0983 e. The van der Waals surface area contributed by atoms with Crippen molar-refractivity contribution in [1.82, 2.24) is 14.9 Å². The Bertz CT molecular complexity index is 844. The molecule has 0 bridgehead atoms. The van der Waals surface area contributed by atoms with Crippen LogP contribution in [0, 0.1) is 0 Å². The minimum atomic E-state index is -0.575. The summed E-state index contributed by atoms with van der Waals surface area (Å²) in [6.45, 7) is 2.33. The van der Waals surface area contributed by atoms with E-state index in [0.717, 1.165) is 35.6 Å². The van der Waals surface area contributed by atoms with Crippen LogP contribution >= 0.6 is 11.6 Å². The van der Waals surface area contributed by atoms with Crippen LogP contribution < -0.4 is 5.32 Å². The highest BCUT2D eigenvalue weighted by Crippen LogP contribution is 2.32. The van der Waals surface area contributed by atoms with Crippen molar-refractivity contribution >= 4 is 22.5 Å². The molecule has 0 saturated heterocycles. The molecular weight excluding hydrogens is 310 g/mol. The molecule has 0 aliphatic carbocycles. The molecule has 0 saturated carbocycles. The second kappa shape index (κ2) is 5.96. The van der Waals surface area contributed by atoms with Crippen LogP contribution in [0.1, 0.15) is 22.9 Å². The smallest absolute Gasteiger partial charge is 0.0983 e. The average Bonchev–Trinajstić information content (AvgIpc) is 2.89. The fourth-order valence-corrected chi connectivity index (χ4v) is 3.58. The van der Waals surface area contributed by atoms with E-state index in [1.165, 1.54) is 16.6 Å². The monoisotopic (exact) mass is 327 g/mol. The molecule has 3 aromatic rings. The molecule has 2 aromatic heterocycles. The van der Waals surface area contributed by atoms with Crippen molar-refractivity contribution in [2.75, 3.05) is 6.54 Å². The Morgan fingerprint density at radius 1 is 1.35 bits per heavy atom. The first-order valence-corrected chi connectivity index (χ1v) is 8.20. The number of benzene rings is 1. The van der Waals surface area contributed by atoms with Gasteiger partial charge >= 0.3 is 0 Å². The van der Waals surface area contributed by atoms with Crippen molar-refractivity contribution in [2.24, 2.45) is 0 Å². The van der Waals surface area contributed by atoms with Gasteiger partial charge in [-0.1, -0.05) is 17.7 Å². The lowest BCUT2D eigenvalue weighted by Crippen LogP contribution is -2.25. The molecular formula is C18H18ClN3O. The molecule has 1 unspecified atom stereocenters. The molecule has 4 nitrogen and oxygen atoms in total. The Labute approximate surface area is 139 Å². The Hall–Kier alpha value is -1.88. The van der Waals surface area contributed by atoms with E-state index in [1.54, 1.807) is 12.4 Å². The van der Waals surface area contributed by atoms with E-state index >= 15 is 0 Å². The summed E-state index contributed by atoms with van der Waals surface area (Å²) in [5.74, 6) is 0. The van der Waals surface area contributed by atoms with E-state index in [1.807, 2.05) is 30.3 Å². The van der Waals surface area contributed by atoms with Crippen molar-refractivity contribution in [3.63, 3.8) is 0 Å². The second-order valence-electron chi connectivity index (χ2n) is 5.93. The van der Waals surface area contributed by atoms with E-state index in [-0.39, 0.29) is 0 Å². The third-order valence-corrected chi connectivity index (χ3v) is 4.75. The molecule has 4 rings (SSSR count). The average molecular weight is 328 g/mol. The van der Waals surface area contributed by atoms with Gasteiger partial charge in [-0.15, -0.1) is 0 Å². The van der Waals surface area contributed by atoms with Gasteiger partial charge in [0.25, 0.3) is 0 Å². The first kappa shape index (κ1) is 14.7. The fraction of sp³-hybridized carbons (Fsp3) is 0.278. The third kappa shape index (κ3) is 2.63. The maximum absolute atomic E-state index is 10.6. The van der Waals surface area contributed by atoms with Crippen LogP contribution in [-0.2, 0) is 19.5 Å². The second-order valence-corrected chi connectivity index (χ2v) is 6.36. The van der Waals surface area contributed by atoms with Crippen molar-refractivity contribution in [3.8, 4) is 0 Å². The van der Waals surface area contributed by atoms with Crippen molar-refractivity contribution in [3.05, 3.63) is 64.6 Å². The van der Waals surface area contributed by atoms with E-state index in [9.17, 15) is 5.11 Å². The molecule has 0 spiro atoms. The number of aliphatic hydroxyl groups excluding tert-OH is 1. The zero-order valence-electron chi connectivity index (χ0n) is 12.7. The summed E-state index contributed by atoms with van der Waals surface area (Å²) in [6, 6.07) is 9.75. The molecule has 0 radical (unpaired) electrons. The summed E-state index contributed by atoms with van der Waals surface area (Å²) in [5, 5.41) is 16.0. The van der Waals surface area contributed by atoms with Gasteiger partial charge in [0.1, 0.15) is 0 Å². The molecule has 1 aromatic carbocycles. The van der Waals surface area contributed by atoms with E-state index in [4.69, 9.17) is 11.6 Å². The number of nitrogens with zero attached hydrogens (tertiary/aromatic N) is 2. The number of hydrogen-bond donors (Lipinski definition) is 2. The normalized spacial score (nSPS) is 15.6. The molecule has 2 N–H and O–H groups in total. The van der Waals surface area contributed by atoms with Gasteiger partial charge in [0.15, 0.2) is 0 Å². The molecule has 3 heterocycles. The molecule has 1 aliphatic heterocycles. The molecule has 1 aliphatic rings. The lowest BCUT2D eigenvalue weighted by molar-refractivity contribution is 0.156. The molecule has 23 heavy (non-hydrogen) atoms. The van der Waals surface area contributed by atoms with Gasteiger partial charge in [0.2, 0.25) is 0 Å². The lowest BCUT2D eigenvalue weighted by atomic mass is 10.1. The summed E-state index contributed by atoms with van der Waals surface area (Å²) in [5.41, 5.74) is 4.56. The number of halogens is 1. The highest BCUT2D eigenvalue weighted by molar-refractivity contribution is 6.31. The van der Waals surface area contributed by atoms with Crippen LogP contribution in [0.4, 0.5) is 0 Å². The number of fused-ring (bicyclic) bond motifs is 3. The highest BCUT2D eigenvalue weighted by Gasteiger charge is 2.21. The summed E-state index contributed by atoms with van der Waals surface area (Å²) < 4.78 is 2.24. The van der Waals surface area contributed by atoms with Gasteiger partial charge in [-0.25, -0.2) is 0 Å². The summed E-state index contributed by atoms with van der Waals surface area (Å²) in [7, 11) is 0. The first-order chi connectivity index (χ1) is 11.2. The Morgan fingerprint density at radius 3 is 3.09 bits per heavy atom. The van der Waals surface area contributed by atoms with Crippen molar-refractivity contribution in [2.45, 2.75) is 25.6 Å². The highest BCUT2D eigenvalue weighted by atomic mass is 35.5. The Kier molecular flexibility index (Phi) is 3.81. The topological polar surface area (TPSA) is 50.1 Å². The van der Waals surface area contributed by atoms with Crippen LogP contribution in [0.5, 0.6) is 0 Å². The number of pyridine rings is 1. The lowest BCUT2D eigenvalue weighted by Gasteiger charge is -2.19. The molecule has 118 valence electrons. The van der Waals surface area contributed by atoms with E-state index in [2.05, 4.69) is 14.9 Å². The zero-order valence-corrected chi connectivity index (χ0v) is 13.4. The number of hydrogen-bond acceptors (Lipinski definition) is 3. The van der Waals surface area contributed by atoms with Crippen molar-refractivity contribution < 1.29 is 5.11 Å². The van der Waals surface area contributed by atoms with Crippen LogP contribution in [0.15, 0.2) is 42.7 Å². The summed E-state index contributed by atoms with van der Waals surface area (Å²) in [6.07, 6.45) is 3.83. The SMILES string of the molecule is OC(Cn1c2c(c3cc(Cl)ccc31)CNCC2)c1cccnc1. The Morgan fingerprint density at radius 2 is 2.26 bits per heavy atom. The van der Waals surface area contributed by atoms with E-state index in [0.29, 0.717) is 6.54 Å². The zero-order chi connectivity index (χ0) is 15.8. The minimum absolute atomic E-state index is 0.527. The molecule has 0 amide bonds. The molecule has 1 atom stereocenters. The van der Waals surface area contributed by atoms with Gasteiger partial charge in [-0.05, 0) is 29.8 Å². The predicted octanol–water partition coefficient (Wildman–Crippen LogP) is 3.07. The quantitative estimate of drug-likeness (QED) is 0.777. The van der Waals surface area contributed by atoms with Crippen LogP contribution in [0.3, 0.4) is 0 Å². The third-order valence-electron chi connectivity index (χ3n) is 4.51. The largest absolute Gasteiger partial charge is 0.386 e.